The Morgan fingerprint density at radius 1 is 1.00 bits per heavy atom. The van der Waals surface area contributed by atoms with Crippen LogP contribution in [0.1, 0.15) is 60.9 Å². The Morgan fingerprint density at radius 3 is 2.32 bits per heavy atom. The molecule has 3 N–H and O–H groups in total. The lowest BCUT2D eigenvalue weighted by Crippen LogP contribution is -2.31. The SMILES string of the molecule is O=C(O)CCCNC(=O)c1ccc(CNC(=O)C2CCCCC2)cc1. The maximum Gasteiger partial charge on any atom is 0.303 e. The van der Waals surface area contributed by atoms with Crippen molar-refractivity contribution in [1.82, 2.24) is 10.6 Å². The molecule has 2 amide bonds. The average Bonchev–Trinajstić information content (AvgIpc) is 2.64. The van der Waals surface area contributed by atoms with Gasteiger partial charge in [-0.2, -0.15) is 0 Å². The maximum absolute atomic E-state index is 12.1. The number of amides is 2. The molecule has 0 heterocycles. The molecule has 136 valence electrons. The third kappa shape index (κ3) is 6.57. The molecule has 6 nitrogen and oxygen atoms in total. The number of benzene rings is 1. The summed E-state index contributed by atoms with van der Waals surface area (Å²) >= 11 is 0. The largest absolute Gasteiger partial charge is 0.481 e. The number of carbonyl (C=O) groups excluding carboxylic acids is 2. The number of nitrogens with one attached hydrogen (secondary N) is 2. The number of rotatable bonds is 8. The molecule has 1 aliphatic carbocycles. The van der Waals surface area contributed by atoms with E-state index in [2.05, 4.69) is 10.6 Å². The van der Waals surface area contributed by atoms with E-state index in [9.17, 15) is 14.4 Å². The summed E-state index contributed by atoms with van der Waals surface area (Å²) < 4.78 is 0. The van der Waals surface area contributed by atoms with Crippen LogP contribution in [-0.2, 0) is 16.1 Å². The molecule has 1 aliphatic rings. The van der Waals surface area contributed by atoms with E-state index >= 15 is 0 Å². The summed E-state index contributed by atoms with van der Waals surface area (Å²) in [5.74, 6) is -0.818. The molecule has 25 heavy (non-hydrogen) atoms. The number of carbonyl (C=O) groups is 3. The summed E-state index contributed by atoms with van der Waals surface area (Å²) in [6.07, 6.45) is 5.90. The van der Waals surface area contributed by atoms with Crippen molar-refractivity contribution in [3.8, 4) is 0 Å². The van der Waals surface area contributed by atoms with Crippen LogP contribution in [0.15, 0.2) is 24.3 Å². The van der Waals surface area contributed by atoms with Crippen molar-refractivity contribution < 1.29 is 19.5 Å². The molecule has 0 spiro atoms. The summed E-state index contributed by atoms with van der Waals surface area (Å²) in [6, 6.07) is 7.09. The molecular weight excluding hydrogens is 320 g/mol. The highest BCUT2D eigenvalue weighted by Gasteiger charge is 2.20. The van der Waals surface area contributed by atoms with E-state index in [-0.39, 0.29) is 24.2 Å². The van der Waals surface area contributed by atoms with Crippen molar-refractivity contribution >= 4 is 17.8 Å². The zero-order valence-electron chi connectivity index (χ0n) is 14.4. The van der Waals surface area contributed by atoms with Gasteiger partial charge in [0.15, 0.2) is 0 Å². The van der Waals surface area contributed by atoms with Crippen LogP contribution in [0.2, 0.25) is 0 Å². The molecule has 1 aromatic rings. The highest BCUT2D eigenvalue weighted by atomic mass is 16.4. The number of hydrogen-bond acceptors (Lipinski definition) is 3. The van der Waals surface area contributed by atoms with Crippen LogP contribution in [0, 0.1) is 5.92 Å². The molecule has 0 bridgehead atoms. The molecular formula is C19H26N2O4. The van der Waals surface area contributed by atoms with Crippen molar-refractivity contribution in [3.63, 3.8) is 0 Å². The molecule has 0 unspecified atom stereocenters. The number of carboxylic acids is 1. The van der Waals surface area contributed by atoms with Crippen molar-refractivity contribution in [1.29, 1.82) is 0 Å². The van der Waals surface area contributed by atoms with Crippen LogP contribution in [-0.4, -0.2) is 29.4 Å². The van der Waals surface area contributed by atoms with Crippen LogP contribution >= 0.6 is 0 Å². The number of carboxylic acid groups (broad SMARTS) is 1. The molecule has 0 aliphatic heterocycles. The third-order valence-corrected chi connectivity index (χ3v) is 4.51. The lowest BCUT2D eigenvalue weighted by Gasteiger charge is -2.20. The maximum atomic E-state index is 12.1. The van der Waals surface area contributed by atoms with Gasteiger partial charge in [-0.15, -0.1) is 0 Å². The van der Waals surface area contributed by atoms with Gasteiger partial charge in [-0.25, -0.2) is 0 Å². The van der Waals surface area contributed by atoms with Crippen molar-refractivity contribution in [2.24, 2.45) is 5.92 Å². The van der Waals surface area contributed by atoms with Crippen LogP contribution in [0.25, 0.3) is 0 Å². The summed E-state index contributed by atoms with van der Waals surface area (Å²) in [7, 11) is 0. The molecule has 6 heteroatoms. The molecule has 1 aromatic carbocycles. The van der Waals surface area contributed by atoms with Gasteiger partial charge in [0.25, 0.3) is 5.91 Å². The lowest BCUT2D eigenvalue weighted by atomic mass is 9.88. The Morgan fingerprint density at radius 2 is 1.68 bits per heavy atom. The zero-order valence-corrected chi connectivity index (χ0v) is 14.4. The first kappa shape index (κ1) is 19.0. The van der Waals surface area contributed by atoms with E-state index in [1.807, 2.05) is 12.1 Å². The Kier molecular flexibility index (Phi) is 7.44. The van der Waals surface area contributed by atoms with Gasteiger partial charge in [0.2, 0.25) is 5.91 Å². The molecule has 2 rings (SSSR count). The molecule has 0 radical (unpaired) electrons. The highest BCUT2D eigenvalue weighted by Crippen LogP contribution is 2.23. The Balaban J connectivity index is 1.74. The zero-order chi connectivity index (χ0) is 18.1. The van der Waals surface area contributed by atoms with Gasteiger partial charge in [-0.05, 0) is 37.0 Å². The normalized spacial score (nSPS) is 14.7. The third-order valence-electron chi connectivity index (χ3n) is 4.51. The smallest absolute Gasteiger partial charge is 0.303 e. The van der Waals surface area contributed by atoms with Crippen molar-refractivity contribution in [2.45, 2.75) is 51.5 Å². The van der Waals surface area contributed by atoms with Crippen LogP contribution in [0.3, 0.4) is 0 Å². The van der Waals surface area contributed by atoms with E-state index in [4.69, 9.17) is 5.11 Å². The van der Waals surface area contributed by atoms with Crippen LogP contribution in [0.4, 0.5) is 0 Å². The summed E-state index contributed by atoms with van der Waals surface area (Å²) in [4.78, 5) is 34.5. The van der Waals surface area contributed by atoms with Gasteiger partial charge >= 0.3 is 5.97 Å². The fraction of sp³-hybridized carbons (Fsp3) is 0.526. The first-order valence-corrected chi connectivity index (χ1v) is 8.93. The number of aliphatic carboxylic acids is 1. The van der Waals surface area contributed by atoms with Crippen molar-refractivity contribution in [2.75, 3.05) is 6.54 Å². The Bertz CT molecular complexity index is 592. The monoisotopic (exact) mass is 346 g/mol. The molecule has 1 fully saturated rings. The first-order chi connectivity index (χ1) is 12.1. The molecule has 0 atom stereocenters. The van der Waals surface area contributed by atoms with Gasteiger partial charge in [-0.1, -0.05) is 31.4 Å². The fourth-order valence-electron chi connectivity index (χ4n) is 3.02. The van der Waals surface area contributed by atoms with Crippen molar-refractivity contribution in [3.05, 3.63) is 35.4 Å². The Labute approximate surface area is 148 Å². The summed E-state index contributed by atoms with van der Waals surface area (Å²) in [5.41, 5.74) is 1.48. The summed E-state index contributed by atoms with van der Waals surface area (Å²) in [6.45, 7) is 0.806. The predicted molar refractivity (Wildman–Crippen MR) is 94.1 cm³/mol. The van der Waals surface area contributed by atoms with E-state index in [0.29, 0.717) is 25.1 Å². The second-order valence-electron chi connectivity index (χ2n) is 6.50. The second kappa shape index (κ2) is 9.81. The van der Waals surface area contributed by atoms with Gasteiger partial charge in [-0.3, -0.25) is 14.4 Å². The minimum absolute atomic E-state index is 0.0416. The minimum Gasteiger partial charge on any atom is -0.481 e. The molecule has 1 saturated carbocycles. The lowest BCUT2D eigenvalue weighted by molar-refractivity contribution is -0.137. The van der Waals surface area contributed by atoms with Crippen LogP contribution < -0.4 is 10.6 Å². The average molecular weight is 346 g/mol. The van der Waals surface area contributed by atoms with E-state index in [1.165, 1.54) is 6.42 Å². The van der Waals surface area contributed by atoms with Gasteiger partial charge in [0, 0.05) is 31.0 Å². The summed E-state index contributed by atoms with van der Waals surface area (Å²) in [5, 5.41) is 14.2. The first-order valence-electron chi connectivity index (χ1n) is 8.93. The van der Waals surface area contributed by atoms with Gasteiger partial charge < -0.3 is 15.7 Å². The molecule has 0 aromatic heterocycles. The molecule has 0 saturated heterocycles. The Hall–Kier alpha value is -2.37. The number of hydrogen-bond donors (Lipinski definition) is 3. The quantitative estimate of drug-likeness (QED) is 0.630. The van der Waals surface area contributed by atoms with Crippen LogP contribution in [0.5, 0.6) is 0 Å². The minimum atomic E-state index is -0.867. The van der Waals surface area contributed by atoms with Gasteiger partial charge in [0.1, 0.15) is 0 Å². The standard InChI is InChI=1S/C19H26N2O4/c22-17(23)7-4-12-20-18(24)16-10-8-14(9-11-16)13-21-19(25)15-5-2-1-3-6-15/h8-11,15H,1-7,12-13H2,(H,20,24)(H,21,25)(H,22,23). The second-order valence-corrected chi connectivity index (χ2v) is 6.50. The topological polar surface area (TPSA) is 95.5 Å². The van der Waals surface area contributed by atoms with E-state index in [0.717, 1.165) is 31.2 Å². The predicted octanol–water partition coefficient (Wildman–Crippen LogP) is 2.48. The van der Waals surface area contributed by atoms with E-state index in [1.54, 1.807) is 12.1 Å². The van der Waals surface area contributed by atoms with Gasteiger partial charge in [0.05, 0.1) is 0 Å². The van der Waals surface area contributed by atoms with E-state index < -0.39 is 5.97 Å². The highest BCUT2D eigenvalue weighted by molar-refractivity contribution is 5.94. The fourth-order valence-corrected chi connectivity index (χ4v) is 3.02.